The second-order valence-electron chi connectivity index (χ2n) is 6.12. The highest BCUT2D eigenvalue weighted by Crippen LogP contribution is 2.20. The van der Waals surface area contributed by atoms with Gasteiger partial charge in [-0.15, -0.1) is 12.4 Å². The Hall–Kier alpha value is -1.85. The topological polar surface area (TPSA) is 83.8 Å². The largest absolute Gasteiger partial charge is 0.348 e. The van der Waals surface area contributed by atoms with E-state index in [-0.39, 0.29) is 30.4 Å². The van der Waals surface area contributed by atoms with Gasteiger partial charge in [0.15, 0.2) is 0 Å². The Balaban J connectivity index is 0.00000192. The standard InChI is InChI=1S/C17H22N4O.ClH/c1-11-2-4-12(5-3-11)15-10-16(21-20-15)17(22)19-14-8-6-13(18)7-9-14;/h2-5,10,13-14H,6-9,18H2,1H3,(H,19,22)(H,20,21);1H. The molecule has 0 radical (unpaired) electrons. The summed E-state index contributed by atoms with van der Waals surface area (Å²) in [7, 11) is 0. The first-order valence-electron chi connectivity index (χ1n) is 7.81. The second-order valence-corrected chi connectivity index (χ2v) is 6.12. The van der Waals surface area contributed by atoms with Crippen molar-refractivity contribution < 1.29 is 4.79 Å². The molecule has 1 heterocycles. The number of nitrogens with two attached hydrogens (primary N) is 1. The summed E-state index contributed by atoms with van der Waals surface area (Å²) in [6.45, 7) is 2.04. The van der Waals surface area contributed by atoms with E-state index in [1.165, 1.54) is 5.56 Å². The van der Waals surface area contributed by atoms with E-state index >= 15 is 0 Å². The number of halogens is 1. The molecule has 1 aliphatic rings. The summed E-state index contributed by atoms with van der Waals surface area (Å²) >= 11 is 0. The van der Waals surface area contributed by atoms with Gasteiger partial charge in [-0.05, 0) is 38.7 Å². The van der Waals surface area contributed by atoms with Crippen LogP contribution >= 0.6 is 12.4 Å². The molecule has 3 rings (SSSR count). The molecule has 23 heavy (non-hydrogen) atoms. The maximum atomic E-state index is 12.3. The summed E-state index contributed by atoms with van der Waals surface area (Å²) in [6.07, 6.45) is 3.85. The number of aryl methyl sites for hydroxylation is 1. The summed E-state index contributed by atoms with van der Waals surface area (Å²) in [5, 5.41) is 10.1. The zero-order valence-corrected chi connectivity index (χ0v) is 14.0. The number of amides is 1. The third-order valence-electron chi connectivity index (χ3n) is 4.28. The highest BCUT2D eigenvalue weighted by Gasteiger charge is 2.21. The Morgan fingerprint density at radius 2 is 1.87 bits per heavy atom. The summed E-state index contributed by atoms with van der Waals surface area (Å²) in [5.41, 5.74) is 9.39. The number of H-pyrrole nitrogens is 1. The second kappa shape index (κ2) is 7.62. The number of aromatic amines is 1. The minimum absolute atomic E-state index is 0. The van der Waals surface area contributed by atoms with Gasteiger partial charge in [-0.2, -0.15) is 5.10 Å². The van der Waals surface area contributed by atoms with Gasteiger partial charge in [-0.1, -0.05) is 29.8 Å². The molecule has 1 aromatic heterocycles. The van der Waals surface area contributed by atoms with Crippen molar-refractivity contribution in [2.45, 2.75) is 44.7 Å². The Labute approximate surface area is 142 Å². The van der Waals surface area contributed by atoms with Gasteiger partial charge in [-0.3, -0.25) is 9.89 Å². The van der Waals surface area contributed by atoms with E-state index in [2.05, 4.69) is 15.5 Å². The molecule has 0 bridgehead atoms. The molecular formula is C17H23ClN4O. The van der Waals surface area contributed by atoms with Crippen molar-refractivity contribution >= 4 is 18.3 Å². The van der Waals surface area contributed by atoms with Crippen LogP contribution in [0.5, 0.6) is 0 Å². The number of carbonyl (C=O) groups excluding carboxylic acids is 1. The van der Waals surface area contributed by atoms with Crippen LogP contribution < -0.4 is 11.1 Å². The zero-order valence-electron chi connectivity index (χ0n) is 13.2. The number of hydrogen-bond acceptors (Lipinski definition) is 3. The molecule has 0 spiro atoms. The molecule has 5 nitrogen and oxygen atoms in total. The van der Waals surface area contributed by atoms with Gasteiger partial charge in [0.05, 0.1) is 5.69 Å². The van der Waals surface area contributed by atoms with Gasteiger partial charge in [0, 0.05) is 17.6 Å². The zero-order chi connectivity index (χ0) is 15.5. The average Bonchev–Trinajstić information content (AvgIpc) is 3.00. The molecule has 0 atom stereocenters. The predicted molar refractivity (Wildman–Crippen MR) is 93.7 cm³/mol. The van der Waals surface area contributed by atoms with Gasteiger partial charge in [-0.25, -0.2) is 0 Å². The Bertz CT molecular complexity index is 645. The van der Waals surface area contributed by atoms with E-state index in [0.29, 0.717) is 5.69 Å². The summed E-state index contributed by atoms with van der Waals surface area (Å²) in [6, 6.07) is 10.4. The lowest BCUT2D eigenvalue weighted by molar-refractivity contribution is 0.0921. The molecule has 1 aromatic carbocycles. The van der Waals surface area contributed by atoms with Crippen LogP contribution in [-0.4, -0.2) is 28.2 Å². The van der Waals surface area contributed by atoms with Crippen molar-refractivity contribution in [3.8, 4) is 11.3 Å². The summed E-state index contributed by atoms with van der Waals surface area (Å²) in [5.74, 6) is -0.0914. The van der Waals surface area contributed by atoms with Crippen LogP contribution in [0.2, 0.25) is 0 Å². The van der Waals surface area contributed by atoms with Gasteiger partial charge in [0.2, 0.25) is 0 Å². The van der Waals surface area contributed by atoms with Gasteiger partial charge < -0.3 is 11.1 Å². The van der Waals surface area contributed by atoms with Crippen LogP contribution in [0.4, 0.5) is 0 Å². The molecule has 0 saturated heterocycles. The molecule has 124 valence electrons. The lowest BCUT2D eigenvalue weighted by Gasteiger charge is -2.26. The lowest BCUT2D eigenvalue weighted by atomic mass is 9.92. The van der Waals surface area contributed by atoms with Crippen LogP contribution in [-0.2, 0) is 0 Å². The smallest absolute Gasteiger partial charge is 0.269 e. The molecule has 4 N–H and O–H groups in total. The van der Waals surface area contributed by atoms with Crippen LogP contribution in [0, 0.1) is 6.92 Å². The highest BCUT2D eigenvalue weighted by molar-refractivity contribution is 5.93. The van der Waals surface area contributed by atoms with E-state index in [1.807, 2.05) is 31.2 Å². The van der Waals surface area contributed by atoms with E-state index < -0.39 is 0 Å². The first-order valence-corrected chi connectivity index (χ1v) is 7.81. The van der Waals surface area contributed by atoms with Crippen molar-refractivity contribution in [1.29, 1.82) is 0 Å². The minimum Gasteiger partial charge on any atom is -0.348 e. The Kier molecular flexibility index (Phi) is 5.80. The maximum absolute atomic E-state index is 12.3. The SMILES string of the molecule is Cc1ccc(-c2cc(C(=O)NC3CCC(N)CC3)[nH]n2)cc1.Cl. The van der Waals surface area contributed by atoms with E-state index in [0.717, 1.165) is 36.9 Å². The van der Waals surface area contributed by atoms with Crippen LogP contribution in [0.25, 0.3) is 11.3 Å². The lowest BCUT2D eigenvalue weighted by Crippen LogP contribution is -2.40. The number of carbonyl (C=O) groups is 1. The molecule has 0 aliphatic heterocycles. The summed E-state index contributed by atoms with van der Waals surface area (Å²) in [4.78, 5) is 12.3. The third kappa shape index (κ3) is 4.33. The molecule has 1 amide bonds. The van der Waals surface area contributed by atoms with Crippen molar-refractivity contribution in [2.24, 2.45) is 5.73 Å². The minimum atomic E-state index is -0.0914. The number of aromatic nitrogens is 2. The number of rotatable bonds is 3. The van der Waals surface area contributed by atoms with Crippen molar-refractivity contribution in [2.75, 3.05) is 0 Å². The van der Waals surface area contributed by atoms with Crippen LogP contribution in [0.3, 0.4) is 0 Å². The van der Waals surface area contributed by atoms with Crippen LogP contribution in [0.15, 0.2) is 30.3 Å². The maximum Gasteiger partial charge on any atom is 0.269 e. The fourth-order valence-corrected chi connectivity index (χ4v) is 2.84. The normalized spacial score (nSPS) is 20.6. The van der Waals surface area contributed by atoms with E-state index in [1.54, 1.807) is 6.07 Å². The van der Waals surface area contributed by atoms with E-state index in [9.17, 15) is 4.79 Å². The first-order chi connectivity index (χ1) is 10.6. The predicted octanol–water partition coefficient (Wildman–Crippen LogP) is 2.81. The Morgan fingerprint density at radius 1 is 1.22 bits per heavy atom. The number of benzene rings is 1. The summed E-state index contributed by atoms with van der Waals surface area (Å²) < 4.78 is 0. The van der Waals surface area contributed by atoms with Crippen molar-refractivity contribution in [3.05, 3.63) is 41.6 Å². The fourth-order valence-electron chi connectivity index (χ4n) is 2.84. The van der Waals surface area contributed by atoms with Crippen LogP contribution in [0.1, 0.15) is 41.7 Å². The average molecular weight is 335 g/mol. The van der Waals surface area contributed by atoms with E-state index in [4.69, 9.17) is 5.73 Å². The van der Waals surface area contributed by atoms with Crippen molar-refractivity contribution in [1.82, 2.24) is 15.5 Å². The number of nitrogens with one attached hydrogen (secondary N) is 2. The quantitative estimate of drug-likeness (QED) is 0.807. The number of hydrogen-bond donors (Lipinski definition) is 3. The highest BCUT2D eigenvalue weighted by atomic mass is 35.5. The molecular weight excluding hydrogens is 312 g/mol. The molecule has 1 fully saturated rings. The number of nitrogens with zero attached hydrogens (tertiary/aromatic N) is 1. The molecule has 1 saturated carbocycles. The van der Waals surface area contributed by atoms with Gasteiger partial charge in [0.25, 0.3) is 5.91 Å². The Morgan fingerprint density at radius 3 is 2.52 bits per heavy atom. The first kappa shape index (κ1) is 17.5. The van der Waals surface area contributed by atoms with Gasteiger partial charge in [0.1, 0.15) is 5.69 Å². The molecule has 2 aromatic rings. The molecule has 0 unspecified atom stereocenters. The fraction of sp³-hybridized carbons (Fsp3) is 0.412. The van der Waals surface area contributed by atoms with Gasteiger partial charge >= 0.3 is 0 Å². The molecule has 6 heteroatoms. The molecule has 1 aliphatic carbocycles. The third-order valence-corrected chi connectivity index (χ3v) is 4.28. The monoisotopic (exact) mass is 334 g/mol. The van der Waals surface area contributed by atoms with Crippen molar-refractivity contribution in [3.63, 3.8) is 0 Å².